The zero-order valence-electron chi connectivity index (χ0n) is 11.0. The predicted molar refractivity (Wildman–Crippen MR) is 70.2 cm³/mol. The second-order valence-corrected chi connectivity index (χ2v) is 5.69. The van der Waals surface area contributed by atoms with Crippen LogP contribution in [0.4, 0.5) is 4.39 Å². The highest BCUT2D eigenvalue weighted by Crippen LogP contribution is 2.36. The number of fused-ring (bicyclic) bond motifs is 1. The second-order valence-electron chi connectivity index (χ2n) is 5.69. The van der Waals surface area contributed by atoms with Crippen LogP contribution in [0.15, 0.2) is 18.2 Å². The molecule has 0 aromatic carbocycles. The molecule has 0 spiro atoms. The largest absolute Gasteiger partial charge is 0.337 e. The molecule has 2 heterocycles. The van der Waals surface area contributed by atoms with Crippen LogP contribution in [0.3, 0.4) is 0 Å². The van der Waals surface area contributed by atoms with E-state index < -0.39 is 5.95 Å². The molecule has 0 bridgehead atoms. The Kier molecular flexibility index (Phi) is 3.49. The van der Waals surface area contributed by atoms with Gasteiger partial charge in [-0.2, -0.15) is 4.39 Å². The van der Waals surface area contributed by atoms with Crippen LogP contribution in [-0.4, -0.2) is 28.9 Å². The molecule has 4 heteroatoms. The van der Waals surface area contributed by atoms with Gasteiger partial charge in [-0.25, -0.2) is 4.98 Å². The average Bonchev–Trinajstić information content (AvgIpc) is 2.46. The summed E-state index contributed by atoms with van der Waals surface area (Å²) in [6.45, 7) is 1.61. The maximum Gasteiger partial charge on any atom is 0.272 e. The van der Waals surface area contributed by atoms with E-state index in [9.17, 15) is 9.18 Å². The lowest BCUT2D eigenvalue weighted by molar-refractivity contribution is 0.0514. The van der Waals surface area contributed by atoms with Gasteiger partial charge in [-0.3, -0.25) is 4.79 Å². The Hall–Kier alpha value is -1.45. The number of likely N-dealkylation sites (tertiary alicyclic amines) is 1. The summed E-state index contributed by atoms with van der Waals surface area (Å²) >= 11 is 0. The summed E-state index contributed by atoms with van der Waals surface area (Å²) in [5.74, 6) is 0.722. The molecule has 2 aliphatic rings. The summed E-state index contributed by atoms with van der Waals surface area (Å²) in [6.07, 6.45) is 6.24. The van der Waals surface area contributed by atoms with E-state index in [0.717, 1.165) is 25.4 Å². The van der Waals surface area contributed by atoms with Gasteiger partial charge >= 0.3 is 0 Å². The van der Waals surface area contributed by atoms with Crippen molar-refractivity contribution in [1.82, 2.24) is 9.88 Å². The van der Waals surface area contributed by atoms with Crippen LogP contribution in [0.1, 0.15) is 42.6 Å². The van der Waals surface area contributed by atoms with Gasteiger partial charge in [-0.05, 0) is 36.8 Å². The standard InChI is InChI=1S/C15H19FN2O/c16-14-7-3-6-13(17-14)15(19)18-9-8-11-4-1-2-5-12(11)10-18/h3,6-7,11-12H,1-2,4-5,8-10H2. The minimum absolute atomic E-state index is 0.122. The highest BCUT2D eigenvalue weighted by molar-refractivity contribution is 5.92. The number of carbonyl (C=O) groups excluding carboxylic acids is 1. The van der Waals surface area contributed by atoms with Crippen LogP contribution in [0.2, 0.25) is 0 Å². The molecule has 1 aromatic rings. The number of pyridine rings is 1. The van der Waals surface area contributed by atoms with Crippen molar-refractivity contribution in [2.24, 2.45) is 11.8 Å². The van der Waals surface area contributed by atoms with Crippen molar-refractivity contribution in [1.29, 1.82) is 0 Å². The molecule has 1 amide bonds. The molecule has 2 fully saturated rings. The van der Waals surface area contributed by atoms with Crippen LogP contribution in [-0.2, 0) is 0 Å². The number of aromatic nitrogens is 1. The van der Waals surface area contributed by atoms with E-state index in [-0.39, 0.29) is 11.6 Å². The lowest BCUT2D eigenvalue weighted by atomic mass is 9.75. The third-order valence-corrected chi connectivity index (χ3v) is 4.51. The summed E-state index contributed by atoms with van der Waals surface area (Å²) in [7, 11) is 0. The van der Waals surface area contributed by atoms with E-state index in [2.05, 4.69) is 4.98 Å². The smallest absolute Gasteiger partial charge is 0.272 e. The van der Waals surface area contributed by atoms with Crippen molar-refractivity contribution in [3.63, 3.8) is 0 Å². The summed E-state index contributed by atoms with van der Waals surface area (Å²) in [4.78, 5) is 17.9. The lowest BCUT2D eigenvalue weighted by Gasteiger charge is -2.41. The number of hydrogen-bond acceptors (Lipinski definition) is 2. The maximum atomic E-state index is 13.1. The first-order valence-corrected chi connectivity index (χ1v) is 7.16. The summed E-state index contributed by atoms with van der Waals surface area (Å²) in [5.41, 5.74) is 0.231. The molecule has 102 valence electrons. The molecule has 3 nitrogen and oxygen atoms in total. The van der Waals surface area contributed by atoms with Gasteiger partial charge in [0.25, 0.3) is 5.91 Å². The van der Waals surface area contributed by atoms with Crippen molar-refractivity contribution >= 4 is 5.91 Å². The quantitative estimate of drug-likeness (QED) is 0.729. The van der Waals surface area contributed by atoms with Crippen molar-refractivity contribution < 1.29 is 9.18 Å². The number of carbonyl (C=O) groups is 1. The minimum Gasteiger partial charge on any atom is -0.337 e. The Balaban J connectivity index is 1.71. The van der Waals surface area contributed by atoms with Crippen LogP contribution in [0.25, 0.3) is 0 Å². The predicted octanol–water partition coefficient (Wildman–Crippen LogP) is 2.87. The van der Waals surface area contributed by atoms with Gasteiger partial charge in [0.05, 0.1) is 0 Å². The number of rotatable bonds is 1. The Morgan fingerprint density at radius 2 is 2.00 bits per heavy atom. The highest BCUT2D eigenvalue weighted by Gasteiger charge is 2.33. The van der Waals surface area contributed by atoms with Crippen LogP contribution >= 0.6 is 0 Å². The van der Waals surface area contributed by atoms with Gasteiger partial charge in [0.2, 0.25) is 5.95 Å². The number of nitrogens with zero attached hydrogens (tertiary/aromatic N) is 2. The first-order chi connectivity index (χ1) is 9.24. The fourth-order valence-electron chi connectivity index (χ4n) is 3.47. The summed E-state index contributed by atoms with van der Waals surface area (Å²) in [5, 5.41) is 0. The molecular formula is C15H19FN2O. The molecule has 0 radical (unpaired) electrons. The number of amides is 1. The first-order valence-electron chi connectivity index (χ1n) is 7.16. The van der Waals surface area contributed by atoms with Crippen molar-refractivity contribution in [3.05, 3.63) is 29.8 Å². The molecule has 2 unspecified atom stereocenters. The van der Waals surface area contributed by atoms with E-state index >= 15 is 0 Å². The number of hydrogen-bond donors (Lipinski definition) is 0. The third-order valence-electron chi connectivity index (χ3n) is 4.51. The fraction of sp³-hybridized carbons (Fsp3) is 0.600. The van der Waals surface area contributed by atoms with E-state index in [1.54, 1.807) is 12.1 Å². The minimum atomic E-state index is -0.585. The Labute approximate surface area is 112 Å². The van der Waals surface area contributed by atoms with Crippen molar-refractivity contribution in [3.8, 4) is 0 Å². The average molecular weight is 262 g/mol. The van der Waals surface area contributed by atoms with E-state index in [0.29, 0.717) is 5.92 Å². The van der Waals surface area contributed by atoms with Gasteiger partial charge in [-0.15, -0.1) is 0 Å². The SMILES string of the molecule is O=C(c1cccc(F)n1)N1CCC2CCCCC2C1. The molecular weight excluding hydrogens is 243 g/mol. The zero-order valence-corrected chi connectivity index (χ0v) is 11.0. The lowest BCUT2D eigenvalue weighted by Crippen LogP contribution is -2.45. The van der Waals surface area contributed by atoms with Crippen LogP contribution in [0.5, 0.6) is 0 Å². The maximum absolute atomic E-state index is 13.1. The van der Waals surface area contributed by atoms with Gasteiger partial charge in [0.15, 0.2) is 0 Å². The molecule has 0 N–H and O–H groups in total. The second kappa shape index (κ2) is 5.27. The molecule has 1 saturated carbocycles. The van der Waals surface area contributed by atoms with E-state index in [1.165, 1.54) is 31.7 Å². The van der Waals surface area contributed by atoms with Crippen molar-refractivity contribution in [2.45, 2.75) is 32.1 Å². The Bertz CT molecular complexity index is 477. The number of piperidine rings is 1. The Morgan fingerprint density at radius 3 is 2.79 bits per heavy atom. The zero-order chi connectivity index (χ0) is 13.2. The fourth-order valence-corrected chi connectivity index (χ4v) is 3.47. The van der Waals surface area contributed by atoms with Gasteiger partial charge in [-0.1, -0.05) is 25.3 Å². The summed E-state index contributed by atoms with van der Waals surface area (Å²) in [6, 6.07) is 4.41. The molecule has 2 atom stereocenters. The summed E-state index contributed by atoms with van der Waals surface area (Å²) < 4.78 is 13.1. The molecule has 19 heavy (non-hydrogen) atoms. The molecule has 1 aliphatic heterocycles. The van der Waals surface area contributed by atoms with E-state index in [4.69, 9.17) is 0 Å². The molecule has 1 saturated heterocycles. The Morgan fingerprint density at radius 1 is 1.21 bits per heavy atom. The van der Waals surface area contributed by atoms with Gasteiger partial charge in [0.1, 0.15) is 5.69 Å². The van der Waals surface area contributed by atoms with Gasteiger partial charge in [0, 0.05) is 13.1 Å². The third kappa shape index (κ3) is 2.62. The topological polar surface area (TPSA) is 33.2 Å². The molecule has 1 aliphatic carbocycles. The van der Waals surface area contributed by atoms with Crippen LogP contribution in [0, 0.1) is 17.8 Å². The highest BCUT2D eigenvalue weighted by atomic mass is 19.1. The molecule has 3 rings (SSSR count). The van der Waals surface area contributed by atoms with Gasteiger partial charge < -0.3 is 4.90 Å². The first kappa shape index (κ1) is 12.6. The molecule has 1 aromatic heterocycles. The monoisotopic (exact) mass is 262 g/mol. The van der Waals surface area contributed by atoms with Crippen LogP contribution < -0.4 is 0 Å². The number of halogens is 1. The van der Waals surface area contributed by atoms with Crippen molar-refractivity contribution in [2.75, 3.05) is 13.1 Å². The normalized spacial score (nSPS) is 26.9. The van der Waals surface area contributed by atoms with E-state index in [1.807, 2.05) is 4.90 Å².